The highest BCUT2D eigenvalue weighted by atomic mass is 31.2. The maximum atomic E-state index is 14.2. The number of hydrogen-bond acceptors (Lipinski definition) is 6. The quantitative estimate of drug-likeness (QED) is 0.144. The van der Waals surface area contributed by atoms with Gasteiger partial charge in [0.2, 0.25) is 34.8 Å². The van der Waals surface area contributed by atoms with E-state index in [2.05, 4.69) is 10.1 Å². The van der Waals surface area contributed by atoms with Gasteiger partial charge in [-0.1, -0.05) is 6.07 Å². The Labute approximate surface area is 190 Å². The minimum atomic E-state index is -5.01. The molecule has 0 aliphatic rings. The second kappa shape index (κ2) is 9.94. The van der Waals surface area contributed by atoms with Crippen LogP contribution >= 0.6 is 7.75 Å². The number of carbonyl (C=O) groups is 1. The summed E-state index contributed by atoms with van der Waals surface area (Å²) in [6, 6.07) is 5.87. The normalized spacial score (nSPS) is 14.0. The first kappa shape index (κ1) is 25.4. The number of esters is 1. The van der Waals surface area contributed by atoms with Gasteiger partial charge in [0, 0.05) is 11.6 Å². The Morgan fingerprint density at radius 1 is 0.941 bits per heavy atom. The van der Waals surface area contributed by atoms with Crippen LogP contribution in [-0.4, -0.2) is 23.1 Å². The summed E-state index contributed by atoms with van der Waals surface area (Å²) in [5.74, 6) is -14.8. The van der Waals surface area contributed by atoms with E-state index in [9.17, 15) is 31.3 Å². The second-order valence-electron chi connectivity index (χ2n) is 7.27. The summed E-state index contributed by atoms with van der Waals surface area (Å²) >= 11 is 0. The molecule has 0 fully saturated rings. The van der Waals surface area contributed by atoms with Gasteiger partial charge in [-0.2, -0.15) is 13.9 Å². The molecule has 3 aromatic rings. The van der Waals surface area contributed by atoms with Gasteiger partial charge in [0.05, 0.1) is 11.6 Å². The van der Waals surface area contributed by atoms with Crippen molar-refractivity contribution < 1.29 is 45.1 Å². The van der Waals surface area contributed by atoms with Crippen LogP contribution in [0.15, 0.2) is 36.5 Å². The molecule has 7 nitrogen and oxygen atoms in total. The minimum absolute atomic E-state index is 0.176. The number of nitrogens with one attached hydrogen (secondary N) is 1. The number of fused-ring (bicyclic) bond motifs is 1. The predicted octanol–water partition coefficient (Wildman–Crippen LogP) is 5.43. The fraction of sp³-hybridized carbons (Fsp3) is 0.238. The van der Waals surface area contributed by atoms with Crippen molar-refractivity contribution in [1.29, 1.82) is 0 Å². The number of ether oxygens (including phenoxy) is 1. The van der Waals surface area contributed by atoms with Crippen LogP contribution in [0, 0.1) is 29.1 Å². The van der Waals surface area contributed by atoms with E-state index in [-0.39, 0.29) is 5.75 Å². The first-order valence-corrected chi connectivity index (χ1v) is 11.3. The molecule has 1 N–H and O–H groups in total. The van der Waals surface area contributed by atoms with Gasteiger partial charge in [-0.15, -0.1) is 0 Å². The van der Waals surface area contributed by atoms with Crippen LogP contribution in [0.25, 0.3) is 10.9 Å². The van der Waals surface area contributed by atoms with Crippen LogP contribution in [0.4, 0.5) is 22.0 Å². The molecule has 0 aliphatic heterocycles. The van der Waals surface area contributed by atoms with Crippen molar-refractivity contribution >= 4 is 24.6 Å². The highest BCUT2D eigenvalue weighted by Crippen LogP contribution is 2.48. The fourth-order valence-corrected chi connectivity index (χ4v) is 4.24. The van der Waals surface area contributed by atoms with E-state index in [1.54, 1.807) is 12.1 Å². The Kier molecular flexibility index (Phi) is 7.42. The molecule has 0 amide bonds. The summed E-state index contributed by atoms with van der Waals surface area (Å²) in [7, 11) is -5.01. The maximum absolute atomic E-state index is 14.2. The van der Waals surface area contributed by atoms with Gasteiger partial charge in [0.1, 0.15) is 11.8 Å². The second-order valence-corrected chi connectivity index (χ2v) is 8.89. The molecular formula is C21H18F5N2O5P. The third-order valence-corrected chi connectivity index (χ3v) is 5.82. The number of nitrogens with zero attached hydrogens (tertiary/aromatic N) is 1. The van der Waals surface area contributed by atoms with Gasteiger partial charge in [0.15, 0.2) is 0 Å². The molecular weight excluding hydrogens is 486 g/mol. The number of rotatable bonds is 8. The highest BCUT2D eigenvalue weighted by Gasteiger charge is 2.38. The lowest BCUT2D eigenvalue weighted by Crippen LogP contribution is -2.37. The van der Waals surface area contributed by atoms with E-state index < -0.39 is 60.7 Å². The molecule has 3 rings (SSSR count). The minimum Gasteiger partial charge on any atom is -0.462 e. The molecule has 0 saturated heterocycles. The zero-order valence-electron chi connectivity index (χ0n) is 17.9. The van der Waals surface area contributed by atoms with Crippen LogP contribution in [-0.2, 0) is 14.1 Å². The molecule has 0 saturated carbocycles. The Balaban J connectivity index is 2.03. The Morgan fingerprint density at radius 2 is 1.56 bits per heavy atom. The summed E-state index contributed by atoms with van der Waals surface area (Å²) in [4.78, 5) is 16.2. The zero-order valence-corrected chi connectivity index (χ0v) is 18.8. The first-order valence-electron chi connectivity index (χ1n) is 9.75. The topological polar surface area (TPSA) is 86.8 Å². The Hall–Kier alpha value is -3.24. The average Bonchev–Trinajstić information content (AvgIpc) is 2.78. The standard InChI is InChI=1S/C21H18F5N2O5P/c1-10(2)31-21(29)11(3)28-34(30,32-13-6-7-14-12(9-13)5-4-8-27-14)33-20-18(25)16(23)15(22)17(24)19(20)26/h4-11H,1-3H3,(H,28,30). The summed E-state index contributed by atoms with van der Waals surface area (Å²) < 4.78 is 97.5. The third-order valence-electron chi connectivity index (χ3n) is 4.24. The Morgan fingerprint density at radius 3 is 2.18 bits per heavy atom. The van der Waals surface area contributed by atoms with Crippen molar-refractivity contribution in [3.05, 3.63) is 65.6 Å². The summed E-state index contributed by atoms with van der Waals surface area (Å²) in [6.07, 6.45) is 0.949. The van der Waals surface area contributed by atoms with Gasteiger partial charge >= 0.3 is 13.7 Å². The van der Waals surface area contributed by atoms with Crippen LogP contribution < -0.4 is 14.1 Å². The Bertz CT molecular complexity index is 1260. The molecule has 13 heteroatoms. The van der Waals surface area contributed by atoms with E-state index >= 15 is 0 Å². The molecule has 0 bridgehead atoms. The molecule has 34 heavy (non-hydrogen) atoms. The van der Waals surface area contributed by atoms with Crippen molar-refractivity contribution in [3.8, 4) is 11.5 Å². The fourth-order valence-electron chi connectivity index (χ4n) is 2.73. The number of halogens is 5. The predicted molar refractivity (Wildman–Crippen MR) is 111 cm³/mol. The van der Waals surface area contributed by atoms with Gasteiger partial charge in [0.25, 0.3) is 0 Å². The van der Waals surface area contributed by atoms with E-state index in [0.29, 0.717) is 10.9 Å². The molecule has 0 aliphatic carbocycles. The summed E-state index contributed by atoms with van der Waals surface area (Å²) in [5.41, 5.74) is 0.521. The van der Waals surface area contributed by atoms with E-state index in [1.165, 1.54) is 45.2 Å². The number of carbonyl (C=O) groups excluding carboxylic acids is 1. The smallest absolute Gasteiger partial charge is 0.462 e. The molecule has 182 valence electrons. The van der Waals surface area contributed by atoms with Gasteiger partial charge in [-0.3, -0.25) is 9.78 Å². The molecule has 2 aromatic carbocycles. The van der Waals surface area contributed by atoms with Crippen LogP contribution in [0.2, 0.25) is 0 Å². The zero-order chi connectivity index (χ0) is 25.2. The van der Waals surface area contributed by atoms with Crippen molar-refractivity contribution in [1.82, 2.24) is 10.1 Å². The van der Waals surface area contributed by atoms with Crippen molar-refractivity contribution in [2.45, 2.75) is 32.9 Å². The van der Waals surface area contributed by atoms with Gasteiger partial charge in [-0.05, 0) is 45.0 Å². The lowest BCUT2D eigenvalue weighted by molar-refractivity contribution is -0.149. The van der Waals surface area contributed by atoms with E-state index in [4.69, 9.17) is 13.8 Å². The molecule has 0 radical (unpaired) electrons. The maximum Gasteiger partial charge on any atom is 0.513 e. The summed E-state index contributed by atoms with van der Waals surface area (Å²) in [5, 5.41) is 2.61. The lowest BCUT2D eigenvalue weighted by Gasteiger charge is -2.24. The molecule has 1 heterocycles. The number of aromatic nitrogens is 1. The van der Waals surface area contributed by atoms with Crippen LogP contribution in [0.1, 0.15) is 20.8 Å². The molecule has 1 aromatic heterocycles. The van der Waals surface area contributed by atoms with Crippen molar-refractivity contribution in [3.63, 3.8) is 0 Å². The average molecular weight is 504 g/mol. The van der Waals surface area contributed by atoms with E-state index in [0.717, 1.165) is 0 Å². The first-order chi connectivity index (χ1) is 15.9. The largest absolute Gasteiger partial charge is 0.513 e. The van der Waals surface area contributed by atoms with Crippen LogP contribution in [0.5, 0.6) is 11.5 Å². The van der Waals surface area contributed by atoms with Gasteiger partial charge < -0.3 is 13.8 Å². The highest BCUT2D eigenvalue weighted by molar-refractivity contribution is 7.52. The van der Waals surface area contributed by atoms with E-state index in [1.807, 2.05) is 0 Å². The lowest BCUT2D eigenvalue weighted by atomic mass is 10.2. The van der Waals surface area contributed by atoms with Crippen molar-refractivity contribution in [2.24, 2.45) is 0 Å². The number of pyridine rings is 1. The molecule has 2 atom stereocenters. The third kappa shape index (κ3) is 5.45. The number of hydrogen-bond donors (Lipinski definition) is 1. The molecule has 2 unspecified atom stereocenters. The van der Waals surface area contributed by atoms with Crippen molar-refractivity contribution in [2.75, 3.05) is 0 Å². The summed E-state index contributed by atoms with van der Waals surface area (Å²) in [6.45, 7) is 4.25. The SMILES string of the molecule is CC(C)OC(=O)C(C)NP(=O)(Oc1ccc2ncccc2c1)Oc1c(F)c(F)c(F)c(F)c1F. The van der Waals surface area contributed by atoms with Crippen LogP contribution in [0.3, 0.4) is 0 Å². The number of benzene rings is 2. The molecule has 0 spiro atoms. The monoisotopic (exact) mass is 504 g/mol. The van der Waals surface area contributed by atoms with Gasteiger partial charge in [-0.25, -0.2) is 17.7 Å².